The van der Waals surface area contributed by atoms with E-state index in [2.05, 4.69) is 26.1 Å². The van der Waals surface area contributed by atoms with Crippen LogP contribution in [0.5, 0.6) is 0 Å². The van der Waals surface area contributed by atoms with E-state index in [0.29, 0.717) is 5.56 Å². The highest BCUT2D eigenvalue weighted by molar-refractivity contribution is 6.04. The van der Waals surface area contributed by atoms with Crippen LogP contribution in [0.3, 0.4) is 0 Å². The summed E-state index contributed by atoms with van der Waals surface area (Å²) in [5.41, 5.74) is 4.28. The van der Waals surface area contributed by atoms with E-state index in [1.165, 1.54) is 12.0 Å². The highest BCUT2D eigenvalue weighted by Gasteiger charge is 2.17. The number of carbonyl (C=O) groups is 1. The maximum Gasteiger partial charge on any atom is 0.255 e. The molecule has 0 aliphatic heterocycles. The normalized spacial score (nSPS) is 14.6. The lowest BCUT2D eigenvalue weighted by atomic mass is 9.86. The van der Waals surface area contributed by atoms with Crippen LogP contribution in [0.2, 0.25) is 0 Å². The van der Waals surface area contributed by atoms with Crippen LogP contribution in [0.25, 0.3) is 0 Å². The fraction of sp³-hybridized carbons (Fsp3) is 0.409. The van der Waals surface area contributed by atoms with Gasteiger partial charge in [0, 0.05) is 5.56 Å². The van der Waals surface area contributed by atoms with Gasteiger partial charge in [-0.15, -0.1) is 0 Å². The smallest absolute Gasteiger partial charge is 0.255 e. The second-order valence-electron chi connectivity index (χ2n) is 7.94. The van der Waals surface area contributed by atoms with Gasteiger partial charge in [-0.1, -0.05) is 39.3 Å². The summed E-state index contributed by atoms with van der Waals surface area (Å²) in [6.45, 7) is 6.40. The molecule has 132 valence electrons. The van der Waals surface area contributed by atoms with Crippen LogP contribution >= 0.6 is 0 Å². The summed E-state index contributed by atoms with van der Waals surface area (Å²) in [5, 5.41) is 2.74. The first-order valence-electron chi connectivity index (χ1n) is 9.08. The Hall–Kier alpha value is -2.16. The zero-order valence-electron chi connectivity index (χ0n) is 15.3. The predicted molar refractivity (Wildman–Crippen MR) is 101 cm³/mol. The zero-order chi connectivity index (χ0) is 18.0. The minimum atomic E-state index is -0.347. The SMILES string of the molecule is CC(C)(C)c1ccc(C(=O)Nc2cc3c(cc2F)CCCCC3)cc1. The molecule has 0 spiro atoms. The Labute approximate surface area is 149 Å². The first-order chi connectivity index (χ1) is 11.8. The van der Waals surface area contributed by atoms with Crippen molar-refractivity contribution in [3.63, 3.8) is 0 Å². The third-order valence-corrected chi connectivity index (χ3v) is 4.94. The number of halogens is 1. The Morgan fingerprint density at radius 3 is 2.16 bits per heavy atom. The van der Waals surface area contributed by atoms with Crippen molar-refractivity contribution in [1.29, 1.82) is 0 Å². The van der Waals surface area contributed by atoms with E-state index in [4.69, 9.17) is 0 Å². The number of anilines is 1. The van der Waals surface area contributed by atoms with Crippen LogP contribution in [0, 0.1) is 5.82 Å². The lowest BCUT2D eigenvalue weighted by molar-refractivity contribution is 0.102. The molecule has 25 heavy (non-hydrogen) atoms. The minimum Gasteiger partial charge on any atom is -0.319 e. The Kier molecular flexibility index (Phi) is 4.94. The van der Waals surface area contributed by atoms with Gasteiger partial charge in [-0.25, -0.2) is 4.39 Å². The molecule has 1 N–H and O–H groups in total. The van der Waals surface area contributed by atoms with Gasteiger partial charge in [0.25, 0.3) is 5.91 Å². The molecule has 0 heterocycles. The van der Waals surface area contributed by atoms with Crippen LogP contribution in [-0.4, -0.2) is 5.91 Å². The van der Waals surface area contributed by atoms with Gasteiger partial charge < -0.3 is 5.32 Å². The molecule has 1 aliphatic carbocycles. The lowest BCUT2D eigenvalue weighted by Gasteiger charge is -2.19. The molecule has 0 unspecified atom stereocenters. The van der Waals surface area contributed by atoms with Crippen LogP contribution in [0.15, 0.2) is 36.4 Å². The van der Waals surface area contributed by atoms with E-state index in [9.17, 15) is 9.18 Å². The molecule has 2 aromatic carbocycles. The maximum atomic E-state index is 14.4. The molecule has 0 saturated heterocycles. The second-order valence-corrected chi connectivity index (χ2v) is 7.94. The molecule has 1 aliphatic rings. The molecule has 0 aromatic heterocycles. The van der Waals surface area contributed by atoms with Gasteiger partial charge in [-0.3, -0.25) is 4.79 Å². The molecule has 2 nitrogen and oxygen atoms in total. The summed E-state index contributed by atoms with van der Waals surface area (Å²) in [7, 11) is 0. The summed E-state index contributed by atoms with van der Waals surface area (Å²) >= 11 is 0. The van der Waals surface area contributed by atoms with Gasteiger partial charge in [0.05, 0.1) is 5.69 Å². The molecule has 0 atom stereocenters. The summed E-state index contributed by atoms with van der Waals surface area (Å²) < 4.78 is 14.4. The Balaban J connectivity index is 1.80. The first kappa shape index (κ1) is 17.7. The summed E-state index contributed by atoms with van der Waals surface area (Å²) in [5.74, 6) is -0.617. The van der Waals surface area contributed by atoms with Crippen molar-refractivity contribution in [3.8, 4) is 0 Å². The number of carbonyl (C=O) groups excluding carboxylic acids is 1. The fourth-order valence-corrected chi connectivity index (χ4v) is 3.34. The van der Waals surface area contributed by atoms with Crippen molar-refractivity contribution in [2.75, 3.05) is 5.32 Å². The minimum absolute atomic E-state index is 0.0398. The Morgan fingerprint density at radius 2 is 1.56 bits per heavy atom. The third-order valence-electron chi connectivity index (χ3n) is 4.94. The quantitative estimate of drug-likeness (QED) is 0.704. The summed E-state index contributed by atoms with van der Waals surface area (Å²) in [6, 6.07) is 10.9. The molecule has 0 bridgehead atoms. The van der Waals surface area contributed by atoms with Crippen molar-refractivity contribution in [2.24, 2.45) is 0 Å². The number of aryl methyl sites for hydroxylation is 2. The highest BCUT2D eigenvalue weighted by Crippen LogP contribution is 2.27. The number of fused-ring (bicyclic) bond motifs is 1. The van der Waals surface area contributed by atoms with Gasteiger partial charge in [-0.05, 0) is 72.1 Å². The summed E-state index contributed by atoms with van der Waals surface area (Å²) in [4.78, 5) is 12.5. The molecule has 0 saturated carbocycles. The van der Waals surface area contributed by atoms with E-state index in [1.54, 1.807) is 18.2 Å². The second kappa shape index (κ2) is 6.99. The van der Waals surface area contributed by atoms with Crippen LogP contribution < -0.4 is 5.32 Å². The van der Waals surface area contributed by atoms with E-state index < -0.39 is 0 Å². The van der Waals surface area contributed by atoms with Crippen molar-refractivity contribution in [3.05, 3.63) is 64.5 Å². The number of hydrogen-bond donors (Lipinski definition) is 1. The molecule has 3 heteroatoms. The lowest BCUT2D eigenvalue weighted by Crippen LogP contribution is -2.15. The Bertz CT molecular complexity index is 772. The molecule has 0 radical (unpaired) electrons. The third kappa shape index (κ3) is 4.09. The van der Waals surface area contributed by atoms with Crippen molar-refractivity contribution in [1.82, 2.24) is 0 Å². The van der Waals surface area contributed by atoms with Gasteiger partial charge in [0.15, 0.2) is 0 Å². The molecular weight excluding hydrogens is 313 g/mol. The van der Waals surface area contributed by atoms with Gasteiger partial charge >= 0.3 is 0 Å². The van der Waals surface area contributed by atoms with Crippen LogP contribution in [0.4, 0.5) is 10.1 Å². The molecule has 0 fully saturated rings. The molecular formula is C22H26FNO. The predicted octanol–water partition coefficient (Wildman–Crippen LogP) is 5.64. The van der Waals surface area contributed by atoms with Gasteiger partial charge in [0.2, 0.25) is 0 Å². The number of hydrogen-bond acceptors (Lipinski definition) is 1. The number of rotatable bonds is 2. The monoisotopic (exact) mass is 339 g/mol. The molecule has 2 aromatic rings. The highest BCUT2D eigenvalue weighted by atomic mass is 19.1. The van der Waals surface area contributed by atoms with E-state index in [1.807, 2.05) is 18.2 Å². The zero-order valence-corrected chi connectivity index (χ0v) is 15.3. The Morgan fingerprint density at radius 1 is 0.960 bits per heavy atom. The number of amides is 1. The average molecular weight is 339 g/mol. The van der Waals surface area contributed by atoms with E-state index in [-0.39, 0.29) is 22.8 Å². The molecule has 3 rings (SSSR count). The number of nitrogens with one attached hydrogen (secondary N) is 1. The fourth-order valence-electron chi connectivity index (χ4n) is 3.34. The van der Waals surface area contributed by atoms with Crippen LogP contribution in [0.1, 0.15) is 67.1 Å². The van der Waals surface area contributed by atoms with Gasteiger partial charge in [-0.2, -0.15) is 0 Å². The van der Waals surface area contributed by atoms with E-state index in [0.717, 1.165) is 36.8 Å². The van der Waals surface area contributed by atoms with Crippen molar-refractivity contribution < 1.29 is 9.18 Å². The number of benzene rings is 2. The van der Waals surface area contributed by atoms with Crippen molar-refractivity contribution >= 4 is 11.6 Å². The van der Waals surface area contributed by atoms with E-state index >= 15 is 0 Å². The average Bonchev–Trinajstić information content (AvgIpc) is 2.79. The largest absolute Gasteiger partial charge is 0.319 e. The first-order valence-corrected chi connectivity index (χ1v) is 9.08. The van der Waals surface area contributed by atoms with Gasteiger partial charge in [0.1, 0.15) is 5.82 Å². The van der Waals surface area contributed by atoms with Crippen molar-refractivity contribution in [2.45, 2.75) is 58.3 Å². The molecule has 1 amide bonds. The topological polar surface area (TPSA) is 29.1 Å². The standard InChI is InChI=1S/C22H26FNO/c1-22(2,3)18-11-9-15(10-12-18)21(25)24-20-14-17-8-6-4-5-7-16(17)13-19(20)23/h9-14H,4-8H2,1-3H3,(H,24,25). The summed E-state index contributed by atoms with van der Waals surface area (Å²) in [6.07, 6.45) is 5.30. The van der Waals surface area contributed by atoms with Crippen LogP contribution in [-0.2, 0) is 18.3 Å². The maximum absolute atomic E-state index is 14.4.